The molecule has 4 heteroatoms. The molecule has 0 amide bonds. The van der Waals surface area contributed by atoms with Gasteiger partial charge in [-0.1, -0.05) is 11.6 Å². The molecule has 0 radical (unpaired) electrons. The number of aryl methyl sites for hydroxylation is 3. The zero-order valence-electron chi connectivity index (χ0n) is 14.2. The molecule has 0 saturated carbocycles. The van der Waals surface area contributed by atoms with Gasteiger partial charge in [0.05, 0.1) is 23.9 Å². The van der Waals surface area contributed by atoms with Crippen LogP contribution in [0.15, 0.2) is 36.4 Å². The summed E-state index contributed by atoms with van der Waals surface area (Å²) in [6.07, 6.45) is 0. The quantitative estimate of drug-likeness (QED) is 0.769. The molecule has 1 heterocycles. The fourth-order valence-electron chi connectivity index (χ4n) is 3.04. The minimum atomic E-state index is -0.945. The van der Waals surface area contributed by atoms with Gasteiger partial charge in [-0.3, -0.25) is 0 Å². The van der Waals surface area contributed by atoms with Gasteiger partial charge in [0.1, 0.15) is 5.75 Å². The Hall–Kier alpha value is -2.88. The van der Waals surface area contributed by atoms with Crippen LogP contribution in [0.5, 0.6) is 5.75 Å². The second-order valence-electron chi connectivity index (χ2n) is 6.02. The van der Waals surface area contributed by atoms with Gasteiger partial charge in [-0.05, 0) is 62.2 Å². The third kappa shape index (κ3) is 2.71. The van der Waals surface area contributed by atoms with Crippen LogP contribution < -0.4 is 4.74 Å². The Morgan fingerprint density at radius 2 is 1.79 bits per heavy atom. The fraction of sp³-hybridized carbons (Fsp3) is 0.200. The summed E-state index contributed by atoms with van der Waals surface area (Å²) < 4.78 is 5.29. The molecule has 0 unspecified atom stereocenters. The number of benzene rings is 2. The Morgan fingerprint density at radius 3 is 2.42 bits per heavy atom. The van der Waals surface area contributed by atoms with E-state index in [-0.39, 0.29) is 5.56 Å². The van der Waals surface area contributed by atoms with Crippen molar-refractivity contribution >= 4 is 16.9 Å². The summed E-state index contributed by atoms with van der Waals surface area (Å²) in [5, 5.41) is 10.3. The van der Waals surface area contributed by atoms with Gasteiger partial charge in [-0.25, -0.2) is 9.78 Å². The molecule has 3 aromatic rings. The lowest BCUT2D eigenvalue weighted by atomic mass is 9.99. The first-order valence-electron chi connectivity index (χ1n) is 7.71. The number of fused-ring (bicyclic) bond motifs is 1. The molecule has 1 N–H and O–H groups in total. The molecule has 24 heavy (non-hydrogen) atoms. The molecular weight excluding hydrogens is 302 g/mol. The molecule has 1 aromatic heterocycles. The van der Waals surface area contributed by atoms with E-state index in [1.54, 1.807) is 13.2 Å². The van der Waals surface area contributed by atoms with E-state index in [9.17, 15) is 9.90 Å². The van der Waals surface area contributed by atoms with Crippen LogP contribution in [0, 0.1) is 20.8 Å². The lowest BCUT2D eigenvalue weighted by molar-refractivity contribution is 0.0699. The molecule has 0 atom stereocenters. The Kier molecular flexibility index (Phi) is 3.97. The van der Waals surface area contributed by atoms with E-state index >= 15 is 0 Å². The van der Waals surface area contributed by atoms with E-state index in [1.807, 2.05) is 51.1 Å². The van der Waals surface area contributed by atoms with Gasteiger partial charge < -0.3 is 9.84 Å². The van der Waals surface area contributed by atoms with Crippen molar-refractivity contribution in [3.05, 3.63) is 58.7 Å². The highest BCUT2D eigenvalue weighted by Crippen LogP contribution is 2.30. The van der Waals surface area contributed by atoms with Crippen molar-refractivity contribution in [2.24, 2.45) is 0 Å². The standard InChI is InChI=1S/C20H19NO3/c1-11-7-13(3)19-15(8-11)16(20(22)23)10-17(21-19)14-5-6-18(24-4)12(2)9-14/h5-10H,1-4H3,(H,22,23). The minimum Gasteiger partial charge on any atom is -0.496 e. The lowest BCUT2D eigenvalue weighted by Crippen LogP contribution is -2.02. The molecule has 0 bridgehead atoms. The van der Waals surface area contributed by atoms with Gasteiger partial charge in [0.2, 0.25) is 0 Å². The van der Waals surface area contributed by atoms with Crippen LogP contribution in [0.2, 0.25) is 0 Å². The Morgan fingerprint density at radius 1 is 1.04 bits per heavy atom. The molecular formula is C20H19NO3. The van der Waals surface area contributed by atoms with Gasteiger partial charge in [0.15, 0.2) is 0 Å². The Balaban J connectivity index is 2.30. The minimum absolute atomic E-state index is 0.273. The molecule has 4 nitrogen and oxygen atoms in total. The predicted octanol–water partition coefficient (Wildman–Crippen LogP) is 4.53. The van der Waals surface area contributed by atoms with Crippen molar-refractivity contribution in [3.63, 3.8) is 0 Å². The number of methoxy groups -OCH3 is 1. The molecule has 0 aliphatic heterocycles. The number of nitrogens with zero attached hydrogens (tertiary/aromatic N) is 1. The number of hydrogen-bond acceptors (Lipinski definition) is 3. The van der Waals surface area contributed by atoms with Crippen molar-refractivity contribution < 1.29 is 14.6 Å². The van der Waals surface area contributed by atoms with Crippen LogP contribution in [0.4, 0.5) is 0 Å². The lowest BCUT2D eigenvalue weighted by Gasteiger charge is -2.12. The number of rotatable bonds is 3. The van der Waals surface area contributed by atoms with E-state index in [2.05, 4.69) is 0 Å². The van der Waals surface area contributed by atoms with Gasteiger partial charge in [-0.2, -0.15) is 0 Å². The van der Waals surface area contributed by atoms with Gasteiger partial charge >= 0.3 is 5.97 Å². The first kappa shape index (κ1) is 16.0. The molecule has 0 aliphatic carbocycles. The molecule has 0 aliphatic rings. The number of carbonyl (C=O) groups is 1. The van der Waals surface area contributed by atoms with Gasteiger partial charge in [-0.15, -0.1) is 0 Å². The topological polar surface area (TPSA) is 59.4 Å². The first-order valence-corrected chi connectivity index (χ1v) is 7.71. The van der Waals surface area contributed by atoms with E-state index < -0.39 is 5.97 Å². The third-order valence-electron chi connectivity index (χ3n) is 4.17. The maximum absolute atomic E-state index is 11.7. The summed E-state index contributed by atoms with van der Waals surface area (Å²) >= 11 is 0. The van der Waals surface area contributed by atoms with E-state index in [1.165, 1.54) is 0 Å². The number of aromatic carboxylic acids is 1. The van der Waals surface area contributed by atoms with Crippen LogP contribution in [-0.4, -0.2) is 23.2 Å². The largest absolute Gasteiger partial charge is 0.496 e. The number of aromatic nitrogens is 1. The van der Waals surface area contributed by atoms with E-state index in [4.69, 9.17) is 9.72 Å². The van der Waals surface area contributed by atoms with Gasteiger partial charge in [0, 0.05) is 10.9 Å². The van der Waals surface area contributed by atoms with E-state index in [0.29, 0.717) is 11.1 Å². The SMILES string of the molecule is COc1ccc(-c2cc(C(=O)O)c3cc(C)cc(C)c3n2)cc1C. The molecule has 0 fully saturated rings. The first-order chi connectivity index (χ1) is 11.4. The van der Waals surface area contributed by atoms with Crippen molar-refractivity contribution in [2.45, 2.75) is 20.8 Å². The number of carboxylic acids is 1. The number of ether oxygens (including phenoxy) is 1. The average molecular weight is 321 g/mol. The summed E-state index contributed by atoms with van der Waals surface area (Å²) in [5.41, 5.74) is 5.50. The van der Waals surface area contributed by atoms with Crippen molar-refractivity contribution in [3.8, 4) is 17.0 Å². The highest BCUT2D eigenvalue weighted by Gasteiger charge is 2.15. The molecule has 2 aromatic carbocycles. The second kappa shape index (κ2) is 5.96. The highest BCUT2D eigenvalue weighted by atomic mass is 16.5. The maximum Gasteiger partial charge on any atom is 0.336 e. The van der Waals surface area contributed by atoms with Crippen LogP contribution in [0.3, 0.4) is 0 Å². The summed E-state index contributed by atoms with van der Waals surface area (Å²) in [4.78, 5) is 16.5. The van der Waals surface area contributed by atoms with Gasteiger partial charge in [0.25, 0.3) is 0 Å². The Bertz CT molecular complexity index is 961. The highest BCUT2D eigenvalue weighted by molar-refractivity contribution is 6.04. The number of carboxylic acid groups (broad SMARTS) is 1. The smallest absolute Gasteiger partial charge is 0.336 e. The van der Waals surface area contributed by atoms with Crippen molar-refractivity contribution in [1.29, 1.82) is 0 Å². The van der Waals surface area contributed by atoms with Crippen LogP contribution in [0.25, 0.3) is 22.2 Å². The average Bonchev–Trinajstić information content (AvgIpc) is 2.53. The Labute approximate surface area is 140 Å². The zero-order valence-corrected chi connectivity index (χ0v) is 14.2. The maximum atomic E-state index is 11.7. The number of pyridine rings is 1. The molecule has 122 valence electrons. The monoisotopic (exact) mass is 321 g/mol. The second-order valence-corrected chi connectivity index (χ2v) is 6.02. The predicted molar refractivity (Wildman–Crippen MR) is 94.9 cm³/mol. The zero-order chi connectivity index (χ0) is 17.4. The van der Waals surface area contributed by atoms with Crippen LogP contribution in [-0.2, 0) is 0 Å². The normalized spacial score (nSPS) is 10.8. The summed E-state index contributed by atoms with van der Waals surface area (Å²) in [6.45, 7) is 5.87. The van der Waals surface area contributed by atoms with Crippen molar-refractivity contribution in [2.75, 3.05) is 7.11 Å². The molecule has 0 saturated heterocycles. The van der Waals surface area contributed by atoms with Crippen LogP contribution in [0.1, 0.15) is 27.0 Å². The van der Waals surface area contributed by atoms with Crippen molar-refractivity contribution in [1.82, 2.24) is 4.98 Å². The summed E-state index contributed by atoms with van der Waals surface area (Å²) in [5.74, 6) is -0.149. The van der Waals surface area contributed by atoms with E-state index in [0.717, 1.165) is 33.5 Å². The fourth-order valence-corrected chi connectivity index (χ4v) is 3.04. The molecule has 3 rings (SSSR count). The third-order valence-corrected chi connectivity index (χ3v) is 4.17. The summed E-state index contributed by atoms with van der Waals surface area (Å²) in [6, 6.07) is 11.3. The van der Waals surface area contributed by atoms with Crippen LogP contribution >= 0.6 is 0 Å². The molecule has 0 spiro atoms. The summed E-state index contributed by atoms with van der Waals surface area (Å²) in [7, 11) is 1.63. The number of hydrogen-bond donors (Lipinski definition) is 1.